The van der Waals surface area contributed by atoms with Crippen LogP contribution in [0.4, 0.5) is 0 Å². The van der Waals surface area contributed by atoms with Crippen LogP contribution in [0, 0.1) is 5.92 Å². The minimum atomic E-state index is -0.478. The van der Waals surface area contributed by atoms with E-state index < -0.39 is 5.54 Å². The molecule has 0 amide bonds. The zero-order chi connectivity index (χ0) is 11.9. The number of ether oxygens (including phenoxy) is 2. The summed E-state index contributed by atoms with van der Waals surface area (Å²) in [6, 6.07) is 0. The van der Waals surface area contributed by atoms with Gasteiger partial charge in [-0.1, -0.05) is 0 Å². The van der Waals surface area contributed by atoms with Gasteiger partial charge in [0.1, 0.15) is 0 Å². The summed E-state index contributed by atoms with van der Waals surface area (Å²) in [6.07, 6.45) is 5.30. The fraction of sp³-hybridized carbons (Fsp3) is 0.923. The Labute approximate surface area is 102 Å². The first-order valence-corrected chi connectivity index (χ1v) is 6.69. The van der Waals surface area contributed by atoms with Gasteiger partial charge in [0.25, 0.3) is 0 Å². The number of nitrogens with two attached hydrogens (primary N) is 1. The van der Waals surface area contributed by atoms with Gasteiger partial charge in [0.2, 0.25) is 0 Å². The average Bonchev–Trinajstić information content (AvgIpc) is 3.09. The van der Waals surface area contributed by atoms with E-state index in [1.165, 1.54) is 0 Å². The molecule has 4 nitrogen and oxygen atoms in total. The first-order valence-electron chi connectivity index (χ1n) is 6.69. The number of hydrogen-bond acceptors (Lipinski definition) is 4. The van der Waals surface area contributed by atoms with Gasteiger partial charge < -0.3 is 15.2 Å². The van der Waals surface area contributed by atoms with Crippen LogP contribution in [0.5, 0.6) is 0 Å². The fourth-order valence-corrected chi connectivity index (χ4v) is 3.13. The van der Waals surface area contributed by atoms with Gasteiger partial charge in [0.05, 0.1) is 11.1 Å². The van der Waals surface area contributed by atoms with Crippen molar-refractivity contribution in [1.29, 1.82) is 0 Å². The van der Waals surface area contributed by atoms with Crippen LogP contribution in [-0.4, -0.2) is 36.7 Å². The molecule has 3 rings (SSSR count). The second kappa shape index (κ2) is 4.04. The normalized spacial score (nSPS) is 34.5. The molecule has 17 heavy (non-hydrogen) atoms. The second-order valence-corrected chi connectivity index (χ2v) is 5.85. The van der Waals surface area contributed by atoms with Crippen molar-refractivity contribution in [1.82, 2.24) is 0 Å². The zero-order valence-corrected chi connectivity index (χ0v) is 10.2. The minimum Gasteiger partial charge on any atom is -0.381 e. The smallest absolute Gasteiger partial charge is 0.155 e. The molecule has 1 spiro atoms. The molecule has 1 atom stereocenters. The van der Waals surface area contributed by atoms with Gasteiger partial charge in [0.15, 0.2) is 5.78 Å². The van der Waals surface area contributed by atoms with Gasteiger partial charge in [0, 0.05) is 25.7 Å². The summed E-state index contributed by atoms with van der Waals surface area (Å²) >= 11 is 0. The van der Waals surface area contributed by atoms with Crippen LogP contribution < -0.4 is 5.73 Å². The molecule has 3 fully saturated rings. The number of carbonyl (C=O) groups is 1. The Morgan fingerprint density at radius 1 is 1.12 bits per heavy atom. The molecule has 96 valence electrons. The standard InChI is InChI=1S/C13H21NO3/c14-13(2-3-13)11(15)10-1-6-17-12(9-10)4-7-16-8-5-12/h10H,1-9,14H2. The molecule has 0 aromatic heterocycles. The van der Waals surface area contributed by atoms with Crippen LogP contribution in [0.1, 0.15) is 38.5 Å². The summed E-state index contributed by atoms with van der Waals surface area (Å²) in [7, 11) is 0. The predicted molar refractivity (Wildman–Crippen MR) is 62.6 cm³/mol. The van der Waals surface area contributed by atoms with E-state index in [1.807, 2.05) is 0 Å². The Morgan fingerprint density at radius 3 is 2.47 bits per heavy atom. The Morgan fingerprint density at radius 2 is 1.82 bits per heavy atom. The highest BCUT2D eigenvalue weighted by atomic mass is 16.5. The summed E-state index contributed by atoms with van der Waals surface area (Å²) in [4.78, 5) is 12.3. The lowest BCUT2D eigenvalue weighted by Crippen LogP contribution is -2.49. The Balaban J connectivity index is 1.68. The number of ketones is 1. The van der Waals surface area contributed by atoms with Crippen molar-refractivity contribution in [2.45, 2.75) is 49.7 Å². The average molecular weight is 239 g/mol. The summed E-state index contributed by atoms with van der Waals surface area (Å²) in [5.74, 6) is 0.404. The highest BCUT2D eigenvalue weighted by Gasteiger charge is 2.51. The molecule has 2 heterocycles. The summed E-state index contributed by atoms with van der Waals surface area (Å²) in [5.41, 5.74) is 5.45. The molecule has 2 N–H and O–H groups in total. The van der Waals surface area contributed by atoms with E-state index in [0.717, 1.165) is 51.7 Å². The largest absolute Gasteiger partial charge is 0.381 e. The summed E-state index contributed by atoms with van der Waals surface area (Å²) in [6.45, 7) is 2.22. The Kier molecular flexibility index (Phi) is 2.76. The molecule has 1 saturated carbocycles. The maximum atomic E-state index is 12.3. The Hall–Kier alpha value is -0.450. The molecule has 1 unspecified atom stereocenters. The molecular formula is C13H21NO3. The molecule has 0 bridgehead atoms. The minimum absolute atomic E-state index is 0.0952. The van der Waals surface area contributed by atoms with Gasteiger partial charge >= 0.3 is 0 Å². The van der Waals surface area contributed by atoms with Crippen molar-refractivity contribution >= 4 is 5.78 Å². The third kappa shape index (κ3) is 2.14. The molecule has 2 saturated heterocycles. The third-order valence-electron chi connectivity index (χ3n) is 4.55. The first kappa shape index (κ1) is 11.6. The molecule has 0 radical (unpaired) electrons. The summed E-state index contributed by atoms with van der Waals surface area (Å²) in [5, 5.41) is 0. The Bertz CT molecular complexity index is 313. The highest BCUT2D eigenvalue weighted by Crippen LogP contribution is 2.42. The zero-order valence-electron chi connectivity index (χ0n) is 10.2. The molecule has 4 heteroatoms. The molecule has 0 aromatic rings. The monoisotopic (exact) mass is 239 g/mol. The SMILES string of the molecule is NC1(C(=O)C2CCOC3(CCOCC3)C2)CC1. The maximum Gasteiger partial charge on any atom is 0.155 e. The summed E-state index contributed by atoms with van der Waals surface area (Å²) < 4.78 is 11.3. The van der Waals surface area contributed by atoms with Gasteiger partial charge in [-0.05, 0) is 38.5 Å². The topological polar surface area (TPSA) is 61.6 Å². The molecular weight excluding hydrogens is 218 g/mol. The predicted octanol–water partition coefficient (Wildman–Crippen LogP) is 1.02. The van der Waals surface area contributed by atoms with Crippen LogP contribution in [-0.2, 0) is 14.3 Å². The lowest BCUT2D eigenvalue weighted by Gasteiger charge is -2.43. The van der Waals surface area contributed by atoms with E-state index in [2.05, 4.69) is 0 Å². The van der Waals surface area contributed by atoms with Crippen molar-refractivity contribution in [3.8, 4) is 0 Å². The third-order valence-corrected chi connectivity index (χ3v) is 4.55. The van der Waals surface area contributed by atoms with Crippen LogP contribution in [0.2, 0.25) is 0 Å². The second-order valence-electron chi connectivity index (χ2n) is 5.85. The van der Waals surface area contributed by atoms with Crippen molar-refractivity contribution in [3.63, 3.8) is 0 Å². The van der Waals surface area contributed by atoms with Crippen molar-refractivity contribution < 1.29 is 14.3 Å². The van der Waals surface area contributed by atoms with Crippen molar-refractivity contribution in [2.24, 2.45) is 11.7 Å². The van der Waals surface area contributed by atoms with Gasteiger partial charge in [-0.2, -0.15) is 0 Å². The van der Waals surface area contributed by atoms with Gasteiger partial charge in [-0.25, -0.2) is 0 Å². The number of Topliss-reactive ketones (excluding diaryl/α,β-unsaturated/α-hetero) is 1. The van der Waals surface area contributed by atoms with Crippen LogP contribution in [0.3, 0.4) is 0 Å². The first-order chi connectivity index (χ1) is 8.14. The molecule has 2 aliphatic heterocycles. The van der Waals surface area contributed by atoms with Gasteiger partial charge in [-0.3, -0.25) is 4.79 Å². The van der Waals surface area contributed by atoms with Crippen molar-refractivity contribution in [3.05, 3.63) is 0 Å². The van der Waals surface area contributed by atoms with Crippen LogP contribution in [0.25, 0.3) is 0 Å². The number of rotatable bonds is 2. The van der Waals surface area contributed by atoms with E-state index >= 15 is 0 Å². The number of hydrogen-bond donors (Lipinski definition) is 1. The van der Waals surface area contributed by atoms with E-state index in [1.54, 1.807) is 0 Å². The highest BCUT2D eigenvalue weighted by molar-refractivity contribution is 5.93. The van der Waals surface area contributed by atoms with Gasteiger partial charge in [-0.15, -0.1) is 0 Å². The van der Waals surface area contributed by atoms with E-state index in [-0.39, 0.29) is 17.3 Å². The quantitative estimate of drug-likeness (QED) is 0.781. The van der Waals surface area contributed by atoms with E-state index in [9.17, 15) is 4.79 Å². The van der Waals surface area contributed by atoms with Crippen molar-refractivity contribution in [2.75, 3.05) is 19.8 Å². The van der Waals surface area contributed by atoms with Crippen LogP contribution in [0.15, 0.2) is 0 Å². The van der Waals surface area contributed by atoms with Crippen LogP contribution >= 0.6 is 0 Å². The lowest BCUT2D eigenvalue weighted by molar-refractivity contribution is -0.158. The van der Waals surface area contributed by atoms with E-state index in [0.29, 0.717) is 6.61 Å². The molecule has 1 aliphatic carbocycles. The number of carbonyl (C=O) groups excluding carboxylic acids is 1. The van der Waals surface area contributed by atoms with E-state index in [4.69, 9.17) is 15.2 Å². The maximum absolute atomic E-state index is 12.3. The fourth-order valence-electron chi connectivity index (χ4n) is 3.13. The lowest BCUT2D eigenvalue weighted by atomic mass is 9.77. The molecule has 0 aromatic carbocycles. The molecule has 3 aliphatic rings.